The Bertz CT molecular complexity index is 309. The Morgan fingerprint density at radius 3 is 2.64 bits per heavy atom. The van der Waals surface area contributed by atoms with Crippen molar-refractivity contribution in [2.75, 3.05) is 0 Å². The van der Waals surface area contributed by atoms with Gasteiger partial charge in [-0.2, -0.15) is 0 Å². The van der Waals surface area contributed by atoms with Gasteiger partial charge >= 0.3 is 0 Å². The molecular formula is C10H12BrF2N. The van der Waals surface area contributed by atoms with Crippen molar-refractivity contribution in [3.8, 4) is 0 Å². The third kappa shape index (κ3) is 3.35. The molecule has 0 aliphatic carbocycles. The van der Waals surface area contributed by atoms with E-state index in [2.05, 4.69) is 15.9 Å². The fraction of sp³-hybridized carbons (Fsp3) is 0.400. The summed E-state index contributed by atoms with van der Waals surface area (Å²) in [6.45, 7) is 0.843. The molecule has 0 spiro atoms. The van der Waals surface area contributed by atoms with Gasteiger partial charge in [0.2, 0.25) is 0 Å². The summed E-state index contributed by atoms with van der Waals surface area (Å²) in [7, 11) is 0. The third-order valence-corrected chi connectivity index (χ3v) is 2.49. The molecule has 1 aromatic carbocycles. The van der Waals surface area contributed by atoms with E-state index in [1.165, 1.54) is 0 Å². The number of benzene rings is 1. The first kappa shape index (κ1) is 11.6. The van der Waals surface area contributed by atoms with Crippen molar-refractivity contribution in [3.05, 3.63) is 34.3 Å². The van der Waals surface area contributed by atoms with E-state index in [1.807, 2.05) is 6.07 Å². The van der Waals surface area contributed by atoms with E-state index < -0.39 is 12.0 Å². The molecule has 1 rings (SSSR count). The third-order valence-electron chi connectivity index (χ3n) is 2.00. The predicted molar refractivity (Wildman–Crippen MR) is 56.4 cm³/mol. The van der Waals surface area contributed by atoms with Crippen molar-refractivity contribution < 1.29 is 8.78 Å². The molecule has 1 atom stereocenters. The highest BCUT2D eigenvalue weighted by molar-refractivity contribution is 9.10. The van der Waals surface area contributed by atoms with Crippen LogP contribution in [0.1, 0.15) is 12.5 Å². The van der Waals surface area contributed by atoms with Crippen LogP contribution in [-0.2, 0) is 6.42 Å². The Morgan fingerprint density at radius 1 is 1.50 bits per heavy atom. The van der Waals surface area contributed by atoms with Gasteiger partial charge < -0.3 is 5.73 Å². The van der Waals surface area contributed by atoms with Crippen molar-refractivity contribution in [1.82, 2.24) is 0 Å². The Labute approximate surface area is 90.4 Å². The summed E-state index contributed by atoms with van der Waals surface area (Å²) in [5.41, 5.74) is 6.18. The molecule has 0 aliphatic rings. The summed E-state index contributed by atoms with van der Waals surface area (Å²) in [4.78, 5) is 0. The summed E-state index contributed by atoms with van der Waals surface area (Å²) in [6, 6.07) is 6.11. The Morgan fingerprint density at radius 2 is 2.14 bits per heavy atom. The number of hydrogen-bond donors (Lipinski definition) is 1. The maximum Gasteiger partial charge on any atom is 0.260 e. The number of hydrogen-bond acceptors (Lipinski definition) is 1. The van der Waals surface area contributed by atoms with Crippen LogP contribution in [0, 0.1) is 0 Å². The second-order valence-corrected chi connectivity index (χ2v) is 4.31. The van der Waals surface area contributed by atoms with Gasteiger partial charge in [0.05, 0.1) is 6.04 Å². The van der Waals surface area contributed by atoms with E-state index in [-0.39, 0.29) is 6.42 Å². The Kier molecular flexibility index (Phi) is 3.61. The molecule has 0 bridgehead atoms. The SMILES string of the molecule is CC(F)(F)C(N)Cc1cccc(Br)c1. The molecule has 4 heteroatoms. The van der Waals surface area contributed by atoms with Crippen LogP contribution in [0.15, 0.2) is 28.7 Å². The van der Waals surface area contributed by atoms with Gasteiger partial charge in [-0.05, 0) is 24.1 Å². The van der Waals surface area contributed by atoms with Crippen molar-refractivity contribution in [2.45, 2.75) is 25.3 Å². The second-order valence-electron chi connectivity index (χ2n) is 3.40. The highest BCUT2D eigenvalue weighted by Gasteiger charge is 2.30. The standard InChI is InChI=1S/C10H12BrF2N/c1-10(12,13)9(14)6-7-3-2-4-8(11)5-7/h2-5,9H,6,14H2,1H3. The molecule has 0 aromatic heterocycles. The topological polar surface area (TPSA) is 26.0 Å². The van der Waals surface area contributed by atoms with Crippen LogP contribution >= 0.6 is 15.9 Å². The van der Waals surface area contributed by atoms with Crippen LogP contribution in [0.2, 0.25) is 0 Å². The van der Waals surface area contributed by atoms with Gasteiger partial charge in [0.25, 0.3) is 5.92 Å². The van der Waals surface area contributed by atoms with Crippen LogP contribution in [0.25, 0.3) is 0 Å². The lowest BCUT2D eigenvalue weighted by Crippen LogP contribution is -2.40. The van der Waals surface area contributed by atoms with Crippen molar-refractivity contribution in [1.29, 1.82) is 0 Å². The molecule has 0 fully saturated rings. The minimum Gasteiger partial charge on any atom is -0.322 e. The highest BCUT2D eigenvalue weighted by atomic mass is 79.9. The van der Waals surface area contributed by atoms with Crippen molar-refractivity contribution >= 4 is 15.9 Å². The first-order valence-electron chi connectivity index (χ1n) is 4.27. The minimum absolute atomic E-state index is 0.183. The molecule has 14 heavy (non-hydrogen) atoms. The zero-order valence-corrected chi connectivity index (χ0v) is 9.39. The minimum atomic E-state index is -2.83. The summed E-state index contributed by atoms with van der Waals surface area (Å²) >= 11 is 3.27. The zero-order chi connectivity index (χ0) is 10.8. The van der Waals surface area contributed by atoms with E-state index in [4.69, 9.17) is 5.73 Å². The van der Waals surface area contributed by atoms with Crippen molar-refractivity contribution in [3.63, 3.8) is 0 Å². The molecule has 1 unspecified atom stereocenters. The van der Waals surface area contributed by atoms with E-state index in [0.717, 1.165) is 17.0 Å². The molecule has 1 aromatic rings. The summed E-state index contributed by atoms with van der Waals surface area (Å²) in [5.74, 6) is -2.83. The summed E-state index contributed by atoms with van der Waals surface area (Å²) < 4.78 is 26.4. The molecular weight excluding hydrogens is 252 g/mol. The van der Waals surface area contributed by atoms with E-state index in [1.54, 1.807) is 18.2 Å². The smallest absolute Gasteiger partial charge is 0.260 e. The molecule has 0 saturated carbocycles. The second kappa shape index (κ2) is 4.36. The number of nitrogens with two attached hydrogens (primary N) is 1. The fourth-order valence-corrected chi connectivity index (χ4v) is 1.54. The lowest BCUT2D eigenvalue weighted by molar-refractivity contribution is -0.00514. The predicted octanol–water partition coefficient (Wildman–Crippen LogP) is 2.97. The highest BCUT2D eigenvalue weighted by Crippen LogP contribution is 2.20. The monoisotopic (exact) mass is 263 g/mol. The zero-order valence-electron chi connectivity index (χ0n) is 7.81. The number of alkyl halides is 2. The Balaban J connectivity index is 2.70. The van der Waals surface area contributed by atoms with E-state index >= 15 is 0 Å². The largest absolute Gasteiger partial charge is 0.322 e. The first-order valence-corrected chi connectivity index (χ1v) is 5.07. The molecule has 0 aliphatic heterocycles. The fourth-order valence-electron chi connectivity index (χ4n) is 1.10. The Hall–Kier alpha value is -0.480. The van der Waals surface area contributed by atoms with Crippen molar-refractivity contribution in [2.24, 2.45) is 5.73 Å². The lowest BCUT2D eigenvalue weighted by atomic mass is 10.0. The molecule has 78 valence electrons. The van der Waals surface area contributed by atoms with Gasteiger partial charge in [0.15, 0.2) is 0 Å². The van der Waals surface area contributed by atoms with Gasteiger partial charge in [0, 0.05) is 11.4 Å². The molecule has 0 saturated heterocycles. The van der Waals surface area contributed by atoms with Gasteiger partial charge in [0.1, 0.15) is 0 Å². The van der Waals surface area contributed by atoms with Crippen LogP contribution in [0.4, 0.5) is 8.78 Å². The van der Waals surface area contributed by atoms with Gasteiger partial charge in [-0.1, -0.05) is 28.1 Å². The number of halogens is 3. The van der Waals surface area contributed by atoms with Crippen LogP contribution in [0.3, 0.4) is 0 Å². The molecule has 0 amide bonds. The van der Waals surface area contributed by atoms with Gasteiger partial charge in [-0.25, -0.2) is 8.78 Å². The quantitative estimate of drug-likeness (QED) is 0.892. The van der Waals surface area contributed by atoms with E-state index in [0.29, 0.717) is 0 Å². The first-order chi connectivity index (χ1) is 6.39. The molecule has 1 nitrogen and oxygen atoms in total. The lowest BCUT2D eigenvalue weighted by Gasteiger charge is -2.19. The number of rotatable bonds is 3. The normalized spacial score (nSPS) is 14.1. The van der Waals surface area contributed by atoms with Crippen LogP contribution in [0.5, 0.6) is 0 Å². The summed E-state index contributed by atoms with van der Waals surface area (Å²) in [6.07, 6.45) is 0.183. The van der Waals surface area contributed by atoms with Crippen LogP contribution in [-0.4, -0.2) is 12.0 Å². The average molecular weight is 264 g/mol. The maximum atomic E-state index is 12.8. The molecule has 0 heterocycles. The summed E-state index contributed by atoms with van der Waals surface area (Å²) in [5, 5.41) is 0. The van der Waals surface area contributed by atoms with Gasteiger partial charge in [-0.3, -0.25) is 0 Å². The molecule has 0 radical (unpaired) electrons. The maximum absolute atomic E-state index is 12.8. The van der Waals surface area contributed by atoms with Crippen LogP contribution < -0.4 is 5.73 Å². The van der Waals surface area contributed by atoms with E-state index in [9.17, 15) is 8.78 Å². The average Bonchev–Trinajstić information content (AvgIpc) is 2.02. The van der Waals surface area contributed by atoms with Gasteiger partial charge in [-0.15, -0.1) is 0 Å². The molecule has 2 N–H and O–H groups in total.